The third-order valence-electron chi connectivity index (χ3n) is 2.11. The first-order valence-electron chi connectivity index (χ1n) is 5.05. The molecule has 1 unspecified atom stereocenters. The number of thioether (sulfide) groups is 1. The Morgan fingerprint density at radius 3 is 2.88 bits per heavy atom. The number of carbonyl (C=O) groups excluding carboxylic acids is 1. The molecule has 1 atom stereocenters. The smallest absolute Gasteiger partial charge is 0.309 e. The molecule has 0 saturated carbocycles. The summed E-state index contributed by atoms with van der Waals surface area (Å²) < 4.78 is 4.67. The van der Waals surface area contributed by atoms with Crippen molar-refractivity contribution in [2.75, 3.05) is 12.9 Å². The van der Waals surface area contributed by atoms with E-state index in [0.29, 0.717) is 5.75 Å². The molecule has 0 saturated heterocycles. The van der Waals surface area contributed by atoms with Crippen LogP contribution in [0.25, 0.3) is 0 Å². The van der Waals surface area contributed by atoms with Crippen LogP contribution in [0.5, 0.6) is 0 Å². The van der Waals surface area contributed by atoms with Crippen molar-refractivity contribution in [1.29, 1.82) is 0 Å². The number of esters is 1. The summed E-state index contributed by atoms with van der Waals surface area (Å²) >= 11 is 1.54. The summed E-state index contributed by atoms with van der Waals surface area (Å²) in [6, 6.07) is 0. The van der Waals surface area contributed by atoms with Crippen molar-refractivity contribution >= 4 is 17.7 Å². The van der Waals surface area contributed by atoms with Crippen molar-refractivity contribution in [3.63, 3.8) is 0 Å². The van der Waals surface area contributed by atoms with Crippen LogP contribution in [0.1, 0.15) is 18.3 Å². The molecule has 0 bridgehead atoms. The summed E-state index contributed by atoms with van der Waals surface area (Å²) in [5.74, 6) is 0.341. The van der Waals surface area contributed by atoms with Crippen molar-refractivity contribution < 1.29 is 9.53 Å². The molecule has 0 aromatic carbocycles. The maximum Gasteiger partial charge on any atom is 0.309 e. The highest BCUT2D eigenvalue weighted by molar-refractivity contribution is 7.99. The zero-order valence-electron chi connectivity index (χ0n) is 9.98. The van der Waals surface area contributed by atoms with Gasteiger partial charge in [0.2, 0.25) is 0 Å². The monoisotopic (exact) mass is 240 g/mol. The van der Waals surface area contributed by atoms with E-state index in [1.54, 1.807) is 6.20 Å². The van der Waals surface area contributed by atoms with E-state index < -0.39 is 0 Å². The van der Waals surface area contributed by atoms with E-state index in [4.69, 9.17) is 0 Å². The zero-order chi connectivity index (χ0) is 12.1. The number of ether oxygens (including phenoxy) is 1. The van der Waals surface area contributed by atoms with Gasteiger partial charge in [-0.2, -0.15) is 0 Å². The highest BCUT2D eigenvalue weighted by Gasteiger charge is 2.14. The van der Waals surface area contributed by atoms with Gasteiger partial charge < -0.3 is 4.74 Å². The van der Waals surface area contributed by atoms with Crippen LogP contribution in [-0.2, 0) is 9.53 Å². The van der Waals surface area contributed by atoms with Gasteiger partial charge in [0, 0.05) is 11.9 Å². The van der Waals surface area contributed by atoms with E-state index in [2.05, 4.69) is 14.7 Å². The lowest BCUT2D eigenvalue weighted by Crippen LogP contribution is -2.15. The largest absolute Gasteiger partial charge is 0.469 e. The van der Waals surface area contributed by atoms with Gasteiger partial charge in [-0.15, -0.1) is 11.8 Å². The zero-order valence-corrected chi connectivity index (χ0v) is 10.8. The molecular formula is C11H16N2O2S. The molecule has 16 heavy (non-hydrogen) atoms. The lowest BCUT2D eigenvalue weighted by atomic mass is 10.2. The third kappa shape index (κ3) is 3.48. The van der Waals surface area contributed by atoms with E-state index >= 15 is 0 Å². The Balaban J connectivity index is 2.60. The molecule has 1 heterocycles. The van der Waals surface area contributed by atoms with Crippen molar-refractivity contribution in [3.05, 3.63) is 17.6 Å². The Hall–Kier alpha value is -1.10. The summed E-state index contributed by atoms with van der Waals surface area (Å²) in [7, 11) is 1.40. The minimum absolute atomic E-state index is 0.128. The molecule has 0 fully saturated rings. The lowest BCUT2D eigenvalue weighted by Gasteiger charge is -2.09. The van der Waals surface area contributed by atoms with Crippen molar-refractivity contribution in [3.8, 4) is 0 Å². The maximum absolute atomic E-state index is 11.2. The number of rotatable bonds is 4. The highest BCUT2D eigenvalue weighted by atomic mass is 32.2. The second-order valence-electron chi connectivity index (χ2n) is 3.64. The molecular weight excluding hydrogens is 224 g/mol. The number of aromatic nitrogens is 2. The molecule has 0 aliphatic carbocycles. The molecule has 1 aromatic rings. The fraction of sp³-hybridized carbons (Fsp3) is 0.545. The normalized spacial score (nSPS) is 12.2. The standard InChI is InChI=1S/C11H16N2O2S/c1-7(11(14)15-4)6-16-10-9(3)12-5-8(2)13-10/h5,7H,6H2,1-4H3. The number of hydrogen-bond acceptors (Lipinski definition) is 5. The molecule has 0 radical (unpaired) electrons. The molecule has 0 spiro atoms. The minimum atomic E-state index is -0.189. The second kappa shape index (κ2) is 5.84. The van der Waals surface area contributed by atoms with Crippen molar-refractivity contribution in [2.24, 2.45) is 5.92 Å². The minimum Gasteiger partial charge on any atom is -0.469 e. The Kier molecular flexibility index (Phi) is 4.73. The van der Waals surface area contributed by atoms with E-state index in [1.165, 1.54) is 18.9 Å². The molecule has 0 aliphatic rings. The van der Waals surface area contributed by atoms with Crippen LogP contribution in [0.2, 0.25) is 0 Å². The summed E-state index contributed by atoms with van der Waals surface area (Å²) in [4.78, 5) is 19.8. The van der Waals surface area contributed by atoms with Gasteiger partial charge in [0.05, 0.1) is 24.4 Å². The molecule has 1 rings (SSSR count). The maximum atomic E-state index is 11.2. The Morgan fingerprint density at radius 1 is 1.56 bits per heavy atom. The third-order valence-corrected chi connectivity index (χ3v) is 3.43. The first kappa shape index (κ1) is 13.0. The van der Waals surface area contributed by atoms with Crippen LogP contribution >= 0.6 is 11.8 Å². The average Bonchev–Trinajstić information content (AvgIpc) is 2.28. The van der Waals surface area contributed by atoms with Crippen LogP contribution in [-0.4, -0.2) is 28.8 Å². The number of nitrogens with zero attached hydrogens (tertiary/aromatic N) is 2. The van der Waals surface area contributed by atoms with Gasteiger partial charge >= 0.3 is 5.97 Å². The number of aryl methyl sites for hydroxylation is 2. The van der Waals surface area contributed by atoms with Gasteiger partial charge in [-0.05, 0) is 13.8 Å². The van der Waals surface area contributed by atoms with E-state index in [-0.39, 0.29) is 11.9 Å². The fourth-order valence-corrected chi connectivity index (χ4v) is 2.14. The molecule has 1 aromatic heterocycles. The highest BCUT2D eigenvalue weighted by Crippen LogP contribution is 2.21. The first-order valence-corrected chi connectivity index (χ1v) is 6.04. The predicted molar refractivity (Wildman–Crippen MR) is 63.4 cm³/mol. The number of methoxy groups -OCH3 is 1. The molecule has 5 heteroatoms. The van der Waals surface area contributed by atoms with Crippen molar-refractivity contribution in [1.82, 2.24) is 9.97 Å². The quantitative estimate of drug-likeness (QED) is 0.595. The van der Waals surface area contributed by atoms with Gasteiger partial charge in [0.1, 0.15) is 5.03 Å². The second-order valence-corrected chi connectivity index (χ2v) is 4.65. The van der Waals surface area contributed by atoms with Gasteiger partial charge in [-0.25, -0.2) is 4.98 Å². The van der Waals surface area contributed by atoms with Gasteiger partial charge in [-0.3, -0.25) is 9.78 Å². The summed E-state index contributed by atoms with van der Waals surface area (Å²) in [5.41, 5.74) is 1.78. The lowest BCUT2D eigenvalue weighted by molar-refractivity contribution is -0.143. The summed E-state index contributed by atoms with van der Waals surface area (Å²) in [6.45, 7) is 5.66. The van der Waals surface area contributed by atoms with Crippen LogP contribution in [0.3, 0.4) is 0 Å². The number of hydrogen-bond donors (Lipinski definition) is 0. The predicted octanol–water partition coefficient (Wildman–Crippen LogP) is 1.99. The fourth-order valence-electron chi connectivity index (χ4n) is 1.13. The van der Waals surface area contributed by atoms with E-state index in [9.17, 15) is 4.79 Å². The Labute approximate surface area is 99.8 Å². The van der Waals surface area contributed by atoms with E-state index in [1.807, 2.05) is 20.8 Å². The molecule has 0 N–H and O–H groups in total. The van der Waals surface area contributed by atoms with Gasteiger partial charge in [0.25, 0.3) is 0 Å². The Morgan fingerprint density at radius 2 is 2.25 bits per heavy atom. The SMILES string of the molecule is COC(=O)C(C)CSc1nc(C)cnc1C. The topological polar surface area (TPSA) is 52.1 Å². The number of carbonyl (C=O) groups is 1. The van der Waals surface area contributed by atoms with Crippen LogP contribution in [0, 0.1) is 19.8 Å². The molecule has 4 nitrogen and oxygen atoms in total. The summed E-state index contributed by atoms with van der Waals surface area (Å²) in [6.07, 6.45) is 1.74. The van der Waals surface area contributed by atoms with Crippen LogP contribution in [0.15, 0.2) is 11.2 Å². The average molecular weight is 240 g/mol. The van der Waals surface area contributed by atoms with E-state index in [0.717, 1.165) is 16.4 Å². The molecule has 88 valence electrons. The first-order chi connectivity index (χ1) is 7.54. The van der Waals surface area contributed by atoms with Gasteiger partial charge in [-0.1, -0.05) is 6.92 Å². The van der Waals surface area contributed by atoms with Gasteiger partial charge in [0.15, 0.2) is 0 Å². The molecule has 0 aliphatic heterocycles. The van der Waals surface area contributed by atoms with Crippen LogP contribution < -0.4 is 0 Å². The Bertz CT molecular complexity index is 382. The summed E-state index contributed by atoms with van der Waals surface area (Å²) in [5, 5.41) is 0.885. The van der Waals surface area contributed by atoms with Crippen molar-refractivity contribution in [2.45, 2.75) is 25.8 Å². The molecule has 0 amide bonds. The van der Waals surface area contributed by atoms with Crippen LogP contribution in [0.4, 0.5) is 0 Å².